The van der Waals surface area contributed by atoms with Crippen LogP contribution in [0.15, 0.2) is 16.6 Å². The lowest BCUT2D eigenvalue weighted by Gasteiger charge is -2.39. The number of aromatic hydroxyl groups is 1. The lowest BCUT2D eigenvalue weighted by molar-refractivity contribution is 0.245. The SMILES string of the molecule is NC1(c2cc(Br)c(F)cc2O)CCC1. The predicted octanol–water partition coefficient (Wildman–Crippen LogP) is 2.63. The van der Waals surface area contributed by atoms with E-state index in [0.29, 0.717) is 10.0 Å². The summed E-state index contributed by atoms with van der Waals surface area (Å²) in [5.41, 5.74) is 6.22. The number of benzene rings is 1. The molecule has 0 spiro atoms. The van der Waals surface area contributed by atoms with E-state index in [0.717, 1.165) is 25.3 Å². The van der Waals surface area contributed by atoms with Gasteiger partial charge >= 0.3 is 0 Å². The maximum atomic E-state index is 13.0. The van der Waals surface area contributed by atoms with Gasteiger partial charge in [-0.15, -0.1) is 0 Å². The first-order valence-corrected chi connectivity index (χ1v) is 5.30. The maximum Gasteiger partial charge on any atom is 0.141 e. The summed E-state index contributed by atoms with van der Waals surface area (Å²) in [5, 5.41) is 9.58. The molecule has 0 aromatic heterocycles. The van der Waals surface area contributed by atoms with Crippen LogP contribution in [0.25, 0.3) is 0 Å². The second-order valence-electron chi connectivity index (χ2n) is 3.79. The molecule has 1 fully saturated rings. The Hall–Kier alpha value is -0.610. The van der Waals surface area contributed by atoms with Crippen molar-refractivity contribution in [3.63, 3.8) is 0 Å². The highest BCUT2D eigenvalue weighted by molar-refractivity contribution is 9.10. The molecule has 1 aliphatic carbocycles. The monoisotopic (exact) mass is 259 g/mol. The van der Waals surface area contributed by atoms with Crippen molar-refractivity contribution in [2.45, 2.75) is 24.8 Å². The first-order chi connectivity index (χ1) is 6.53. The number of phenolic OH excluding ortho intramolecular Hbond substituents is 1. The summed E-state index contributed by atoms with van der Waals surface area (Å²) in [4.78, 5) is 0. The van der Waals surface area contributed by atoms with Crippen molar-refractivity contribution in [1.82, 2.24) is 0 Å². The molecular formula is C10H11BrFNO. The highest BCUT2D eigenvalue weighted by Gasteiger charge is 2.36. The van der Waals surface area contributed by atoms with Gasteiger partial charge < -0.3 is 10.8 Å². The minimum absolute atomic E-state index is 0.0482. The molecule has 76 valence electrons. The molecule has 0 atom stereocenters. The van der Waals surface area contributed by atoms with E-state index in [1.165, 1.54) is 0 Å². The third kappa shape index (κ3) is 1.42. The summed E-state index contributed by atoms with van der Waals surface area (Å²) in [7, 11) is 0. The van der Waals surface area contributed by atoms with Gasteiger partial charge in [-0.3, -0.25) is 0 Å². The number of hydrogen-bond acceptors (Lipinski definition) is 2. The Morgan fingerprint density at radius 3 is 2.57 bits per heavy atom. The van der Waals surface area contributed by atoms with E-state index in [2.05, 4.69) is 15.9 Å². The molecule has 0 radical (unpaired) electrons. The average Bonchev–Trinajstić information content (AvgIpc) is 2.07. The molecule has 0 amide bonds. The quantitative estimate of drug-likeness (QED) is 0.815. The molecule has 2 nitrogen and oxygen atoms in total. The Morgan fingerprint density at radius 1 is 1.43 bits per heavy atom. The second kappa shape index (κ2) is 3.21. The van der Waals surface area contributed by atoms with Crippen LogP contribution >= 0.6 is 15.9 Å². The van der Waals surface area contributed by atoms with Crippen LogP contribution in [0.5, 0.6) is 5.75 Å². The number of phenols is 1. The van der Waals surface area contributed by atoms with Crippen molar-refractivity contribution < 1.29 is 9.50 Å². The van der Waals surface area contributed by atoms with Crippen molar-refractivity contribution in [3.05, 3.63) is 28.0 Å². The van der Waals surface area contributed by atoms with Crippen molar-refractivity contribution in [3.8, 4) is 5.75 Å². The fourth-order valence-electron chi connectivity index (χ4n) is 1.76. The van der Waals surface area contributed by atoms with Crippen LogP contribution in [0, 0.1) is 5.82 Å². The molecule has 0 bridgehead atoms. The molecular weight excluding hydrogens is 249 g/mol. The number of rotatable bonds is 1. The Bertz CT molecular complexity index is 377. The summed E-state index contributed by atoms with van der Waals surface area (Å²) in [6, 6.07) is 2.68. The predicted molar refractivity (Wildman–Crippen MR) is 55.5 cm³/mol. The van der Waals surface area contributed by atoms with E-state index < -0.39 is 11.4 Å². The zero-order valence-electron chi connectivity index (χ0n) is 7.56. The molecule has 0 aliphatic heterocycles. The Kier molecular flexibility index (Phi) is 2.27. The van der Waals surface area contributed by atoms with Gasteiger partial charge in [0.25, 0.3) is 0 Å². The summed E-state index contributed by atoms with van der Waals surface area (Å²) in [6.07, 6.45) is 2.75. The van der Waals surface area contributed by atoms with Crippen LogP contribution in [0.2, 0.25) is 0 Å². The minimum Gasteiger partial charge on any atom is -0.507 e. The summed E-state index contributed by atoms with van der Waals surface area (Å²) in [5.74, 6) is -0.512. The van der Waals surface area contributed by atoms with Gasteiger partial charge in [-0.05, 0) is 41.3 Å². The van der Waals surface area contributed by atoms with Gasteiger partial charge in [0.05, 0.1) is 4.47 Å². The van der Waals surface area contributed by atoms with E-state index in [1.54, 1.807) is 6.07 Å². The Morgan fingerprint density at radius 2 is 2.07 bits per heavy atom. The highest BCUT2D eigenvalue weighted by atomic mass is 79.9. The first-order valence-electron chi connectivity index (χ1n) is 4.50. The molecule has 14 heavy (non-hydrogen) atoms. The van der Waals surface area contributed by atoms with E-state index in [1.807, 2.05) is 0 Å². The van der Waals surface area contributed by atoms with Crippen LogP contribution in [0.3, 0.4) is 0 Å². The molecule has 3 N–H and O–H groups in total. The lowest BCUT2D eigenvalue weighted by atomic mass is 9.72. The molecule has 1 aromatic carbocycles. The van der Waals surface area contributed by atoms with E-state index in [4.69, 9.17) is 5.73 Å². The lowest BCUT2D eigenvalue weighted by Crippen LogP contribution is -2.43. The highest BCUT2D eigenvalue weighted by Crippen LogP contribution is 2.43. The van der Waals surface area contributed by atoms with Gasteiger partial charge in [0, 0.05) is 17.2 Å². The number of hydrogen-bond donors (Lipinski definition) is 2. The van der Waals surface area contributed by atoms with Crippen molar-refractivity contribution in [2.75, 3.05) is 0 Å². The smallest absolute Gasteiger partial charge is 0.141 e. The summed E-state index contributed by atoms with van der Waals surface area (Å²) >= 11 is 3.08. The summed E-state index contributed by atoms with van der Waals surface area (Å²) < 4.78 is 13.4. The zero-order valence-corrected chi connectivity index (χ0v) is 9.14. The van der Waals surface area contributed by atoms with Gasteiger partial charge in [-0.1, -0.05) is 0 Å². The van der Waals surface area contributed by atoms with Gasteiger partial charge in [0.1, 0.15) is 11.6 Å². The van der Waals surface area contributed by atoms with Gasteiger partial charge in [0.15, 0.2) is 0 Å². The van der Waals surface area contributed by atoms with Crippen molar-refractivity contribution in [1.29, 1.82) is 0 Å². The van der Waals surface area contributed by atoms with E-state index in [-0.39, 0.29) is 5.75 Å². The maximum absolute atomic E-state index is 13.0. The van der Waals surface area contributed by atoms with Crippen LogP contribution in [-0.2, 0) is 5.54 Å². The van der Waals surface area contributed by atoms with Crippen LogP contribution in [0.1, 0.15) is 24.8 Å². The molecule has 2 rings (SSSR count). The number of nitrogens with two attached hydrogens (primary N) is 1. The Balaban J connectivity index is 2.48. The molecule has 0 saturated heterocycles. The normalized spacial score (nSPS) is 19.1. The molecule has 0 unspecified atom stereocenters. The average molecular weight is 260 g/mol. The largest absolute Gasteiger partial charge is 0.507 e. The van der Waals surface area contributed by atoms with E-state index in [9.17, 15) is 9.50 Å². The fraction of sp³-hybridized carbons (Fsp3) is 0.400. The molecule has 1 aromatic rings. The summed E-state index contributed by atoms with van der Waals surface area (Å²) in [6.45, 7) is 0. The molecule has 0 heterocycles. The Labute approximate surface area is 90.1 Å². The van der Waals surface area contributed by atoms with Crippen LogP contribution in [0.4, 0.5) is 4.39 Å². The fourth-order valence-corrected chi connectivity index (χ4v) is 2.11. The minimum atomic E-state index is -0.464. The topological polar surface area (TPSA) is 46.2 Å². The molecule has 1 aliphatic rings. The van der Waals surface area contributed by atoms with E-state index >= 15 is 0 Å². The van der Waals surface area contributed by atoms with Crippen LogP contribution in [-0.4, -0.2) is 5.11 Å². The third-order valence-electron chi connectivity index (χ3n) is 2.82. The molecule has 1 saturated carbocycles. The zero-order chi connectivity index (χ0) is 10.3. The number of halogens is 2. The van der Waals surface area contributed by atoms with Gasteiger partial charge in [0.2, 0.25) is 0 Å². The van der Waals surface area contributed by atoms with Crippen molar-refractivity contribution >= 4 is 15.9 Å². The van der Waals surface area contributed by atoms with Gasteiger partial charge in [-0.2, -0.15) is 0 Å². The standard InChI is InChI=1S/C10H11BrFNO/c11-7-4-6(9(14)5-8(7)12)10(13)2-1-3-10/h4-5,14H,1-3,13H2. The first kappa shape index (κ1) is 9.93. The van der Waals surface area contributed by atoms with Crippen LogP contribution < -0.4 is 5.73 Å². The van der Waals surface area contributed by atoms with Crippen molar-refractivity contribution in [2.24, 2.45) is 5.73 Å². The third-order valence-corrected chi connectivity index (χ3v) is 3.43. The molecule has 4 heteroatoms. The second-order valence-corrected chi connectivity index (χ2v) is 4.65. The van der Waals surface area contributed by atoms with Gasteiger partial charge in [-0.25, -0.2) is 4.39 Å².